The van der Waals surface area contributed by atoms with Crippen molar-refractivity contribution in [2.75, 3.05) is 26.7 Å². The number of aryl methyl sites for hydroxylation is 1. The standard InChI is InChI=1S/C17H20N6O3/c1-10-6-21-4-3-19-14(15(21)20-10)17(26)22-8-12(9-22)23-7-11(5-13(23)24)16(25)18-2/h3-4,6,11-12H,5,7-9H2,1-2H3,(H,18,25). The highest BCUT2D eigenvalue weighted by molar-refractivity contribution is 5.98. The molecule has 2 saturated heterocycles. The largest absolute Gasteiger partial charge is 0.359 e. The Hall–Kier alpha value is -2.97. The zero-order chi connectivity index (χ0) is 18.4. The van der Waals surface area contributed by atoms with Gasteiger partial charge in [-0.3, -0.25) is 14.4 Å². The van der Waals surface area contributed by atoms with Crippen molar-refractivity contribution in [3.63, 3.8) is 0 Å². The predicted molar refractivity (Wildman–Crippen MR) is 91.3 cm³/mol. The average Bonchev–Trinajstić information content (AvgIpc) is 3.14. The van der Waals surface area contributed by atoms with E-state index in [1.165, 1.54) is 0 Å². The summed E-state index contributed by atoms with van der Waals surface area (Å²) in [6, 6.07) is -0.0395. The molecular formula is C17H20N6O3. The van der Waals surface area contributed by atoms with Crippen LogP contribution in [0.25, 0.3) is 5.65 Å². The van der Waals surface area contributed by atoms with Gasteiger partial charge in [-0.2, -0.15) is 0 Å². The van der Waals surface area contributed by atoms with E-state index in [1.54, 1.807) is 33.6 Å². The summed E-state index contributed by atoms with van der Waals surface area (Å²) < 4.78 is 1.78. The van der Waals surface area contributed by atoms with E-state index >= 15 is 0 Å². The lowest BCUT2D eigenvalue weighted by Gasteiger charge is -2.43. The third-order valence-corrected chi connectivity index (χ3v) is 5.06. The second-order valence-electron chi connectivity index (χ2n) is 6.81. The number of hydrogen-bond donors (Lipinski definition) is 1. The Kier molecular flexibility index (Phi) is 3.86. The van der Waals surface area contributed by atoms with Crippen LogP contribution in [0.4, 0.5) is 0 Å². The van der Waals surface area contributed by atoms with Gasteiger partial charge in [0.2, 0.25) is 11.8 Å². The van der Waals surface area contributed by atoms with Crippen molar-refractivity contribution < 1.29 is 14.4 Å². The van der Waals surface area contributed by atoms with Crippen LogP contribution < -0.4 is 5.32 Å². The van der Waals surface area contributed by atoms with Crippen molar-refractivity contribution in [2.45, 2.75) is 19.4 Å². The van der Waals surface area contributed by atoms with E-state index in [1.807, 2.05) is 13.1 Å². The lowest BCUT2D eigenvalue weighted by molar-refractivity contribution is -0.132. The Labute approximate surface area is 150 Å². The second kappa shape index (κ2) is 6.08. The highest BCUT2D eigenvalue weighted by atomic mass is 16.2. The molecule has 4 heterocycles. The third-order valence-electron chi connectivity index (χ3n) is 5.06. The van der Waals surface area contributed by atoms with Gasteiger partial charge in [-0.05, 0) is 6.92 Å². The second-order valence-corrected chi connectivity index (χ2v) is 6.81. The molecule has 0 radical (unpaired) electrons. The minimum atomic E-state index is -0.305. The maximum absolute atomic E-state index is 12.8. The molecule has 0 spiro atoms. The summed E-state index contributed by atoms with van der Waals surface area (Å²) >= 11 is 0. The monoisotopic (exact) mass is 356 g/mol. The number of rotatable bonds is 3. The molecule has 1 N–H and O–H groups in total. The zero-order valence-electron chi connectivity index (χ0n) is 14.7. The minimum absolute atomic E-state index is 0.0280. The van der Waals surface area contributed by atoms with Gasteiger partial charge in [0, 0.05) is 51.7 Å². The lowest BCUT2D eigenvalue weighted by atomic mass is 10.1. The zero-order valence-corrected chi connectivity index (χ0v) is 14.7. The van der Waals surface area contributed by atoms with E-state index < -0.39 is 0 Å². The quantitative estimate of drug-likeness (QED) is 0.796. The summed E-state index contributed by atoms with van der Waals surface area (Å²) in [6.07, 6.45) is 5.41. The van der Waals surface area contributed by atoms with Gasteiger partial charge >= 0.3 is 0 Å². The van der Waals surface area contributed by atoms with Crippen molar-refractivity contribution in [3.05, 3.63) is 30.0 Å². The topological polar surface area (TPSA) is 99.9 Å². The summed E-state index contributed by atoms with van der Waals surface area (Å²) in [7, 11) is 1.57. The van der Waals surface area contributed by atoms with Gasteiger partial charge in [-0.1, -0.05) is 0 Å². The lowest BCUT2D eigenvalue weighted by Crippen LogP contribution is -2.61. The maximum atomic E-state index is 12.8. The molecule has 2 aromatic rings. The van der Waals surface area contributed by atoms with E-state index in [-0.39, 0.29) is 36.1 Å². The van der Waals surface area contributed by atoms with Crippen molar-refractivity contribution in [2.24, 2.45) is 5.92 Å². The molecule has 2 aliphatic heterocycles. The summed E-state index contributed by atoms with van der Waals surface area (Å²) in [4.78, 5) is 48.6. The maximum Gasteiger partial charge on any atom is 0.276 e. The average molecular weight is 356 g/mol. The molecule has 2 aliphatic rings. The molecule has 4 rings (SSSR count). The fourth-order valence-corrected chi connectivity index (χ4v) is 3.63. The number of hydrogen-bond acceptors (Lipinski definition) is 5. The van der Waals surface area contributed by atoms with Gasteiger partial charge in [-0.25, -0.2) is 9.97 Å². The van der Waals surface area contributed by atoms with Crippen molar-refractivity contribution in [1.29, 1.82) is 0 Å². The van der Waals surface area contributed by atoms with Crippen LogP contribution in [0.15, 0.2) is 18.6 Å². The molecule has 3 amide bonds. The molecule has 2 aromatic heterocycles. The first kappa shape index (κ1) is 16.5. The number of imidazole rings is 1. The molecule has 136 valence electrons. The van der Waals surface area contributed by atoms with Gasteiger partial charge in [0.25, 0.3) is 5.91 Å². The van der Waals surface area contributed by atoms with Crippen LogP contribution in [-0.4, -0.2) is 74.6 Å². The molecule has 26 heavy (non-hydrogen) atoms. The Morgan fingerprint density at radius 2 is 2.04 bits per heavy atom. The van der Waals surface area contributed by atoms with Gasteiger partial charge in [0.05, 0.1) is 17.7 Å². The summed E-state index contributed by atoms with van der Waals surface area (Å²) in [5.74, 6) is -0.633. The normalized spacial score (nSPS) is 20.5. The molecular weight excluding hydrogens is 336 g/mol. The number of amides is 3. The van der Waals surface area contributed by atoms with E-state index in [0.717, 1.165) is 5.69 Å². The van der Waals surface area contributed by atoms with E-state index in [4.69, 9.17) is 0 Å². The van der Waals surface area contributed by atoms with Crippen LogP contribution in [0.3, 0.4) is 0 Å². The van der Waals surface area contributed by atoms with Crippen LogP contribution in [0.1, 0.15) is 22.6 Å². The molecule has 0 aliphatic carbocycles. The first-order valence-electron chi connectivity index (χ1n) is 8.58. The number of nitrogens with zero attached hydrogens (tertiary/aromatic N) is 5. The van der Waals surface area contributed by atoms with Crippen molar-refractivity contribution in [3.8, 4) is 0 Å². The van der Waals surface area contributed by atoms with Crippen LogP contribution in [0.5, 0.6) is 0 Å². The highest BCUT2D eigenvalue weighted by Gasteiger charge is 2.43. The molecule has 0 aromatic carbocycles. The number of carbonyl (C=O) groups is 3. The van der Waals surface area contributed by atoms with Gasteiger partial charge in [-0.15, -0.1) is 0 Å². The first-order chi connectivity index (χ1) is 12.5. The Morgan fingerprint density at radius 3 is 2.77 bits per heavy atom. The molecule has 2 fully saturated rings. The molecule has 1 unspecified atom stereocenters. The van der Waals surface area contributed by atoms with Crippen LogP contribution in [0, 0.1) is 12.8 Å². The van der Waals surface area contributed by atoms with E-state index in [9.17, 15) is 14.4 Å². The number of likely N-dealkylation sites (tertiary alicyclic amines) is 2. The van der Waals surface area contributed by atoms with Gasteiger partial charge in [0.15, 0.2) is 11.3 Å². The highest BCUT2D eigenvalue weighted by Crippen LogP contribution is 2.26. The fraction of sp³-hybridized carbons (Fsp3) is 0.471. The van der Waals surface area contributed by atoms with Crippen LogP contribution in [-0.2, 0) is 9.59 Å². The number of aromatic nitrogens is 3. The van der Waals surface area contributed by atoms with Gasteiger partial charge in [0.1, 0.15) is 0 Å². The molecule has 1 atom stereocenters. The number of carbonyl (C=O) groups excluding carboxylic acids is 3. The van der Waals surface area contributed by atoms with E-state index in [0.29, 0.717) is 31.0 Å². The Balaban J connectivity index is 1.44. The SMILES string of the molecule is CNC(=O)C1CC(=O)N(C2CN(C(=O)c3nccn4cc(C)nc34)C2)C1. The Bertz CT molecular complexity index is 901. The summed E-state index contributed by atoms with van der Waals surface area (Å²) in [6.45, 7) is 3.18. The molecule has 0 bridgehead atoms. The van der Waals surface area contributed by atoms with Crippen LogP contribution >= 0.6 is 0 Å². The number of fused-ring (bicyclic) bond motifs is 1. The molecule has 0 saturated carbocycles. The summed E-state index contributed by atoms with van der Waals surface area (Å²) in [5.41, 5.74) is 1.67. The summed E-state index contributed by atoms with van der Waals surface area (Å²) in [5, 5.41) is 2.59. The molecule has 9 heteroatoms. The van der Waals surface area contributed by atoms with E-state index in [2.05, 4.69) is 15.3 Å². The van der Waals surface area contributed by atoms with Crippen molar-refractivity contribution in [1.82, 2.24) is 29.5 Å². The first-order valence-corrected chi connectivity index (χ1v) is 8.58. The van der Waals surface area contributed by atoms with Crippen molar-refractivity contribution >= 4 is 23.4 Å². The van der Waals surface area contributed by atoms with Gasteiger partial charge < -0.3 is 19.5 Å². The smallest absolute Gasteiger partial charge is 0.276 e. The fourth-order valence-electron chi connectivity index (χ4n) is 3.63. The predicted octanol–water partition coefficient (Wildman–Crippen LogP) is -0.543. The number of nitrogens with one attached hydrogen (secondary N) is 1. The minimum Gasteiger partial charge on any atom is -0.359 e. The Morgan fingerprint density at radius 1 is 1.27 bits per heavy atom. The van der Waals surface area contributed by atoms with Crippen LogP contribution in [0.2, 0.25) is 0 Å². The molecule has 9 nitrogen and oxygen atoms in total. The third kappa shape index (κ3) is 2.59.